The van der Waals surface area contributed by atoms with E-state index in [2.05, 4.69) is 10.3 Å². The van der Waals surface area contributed by atoms with Gasteiger partial charge in [-0.2, -0.15) is 0 Å². The molecule has 106 valence electrons. The van der Waals surface area contributed by atoms with Crippen molar-refractivity contribution < 1.29 is 13.6 Å². The average molecular weight is 276 g/mol. The maximum atomic E-state index is 12.7. The molecule has 0 aliphatic rings. The lowest BCUT2D eigenvalue weighted by Gasteiger charge is -2.04. The number of rotatable bonds is 6. The molecule has 5 heteroatoms. The quantitative estimate of drug-likeness (QED) is 0.881. The number of aromatic nitrogens is 1. The van der Waals surface area contributed by atoms with Gasteiger partial charge in [0.05, 0.1) is 5.69 Å². The molecule has 0 aliphatic heterocycles. The van der Waals surface area contributed by atoms with Crippen molar-refractivity contribution >= 4 is 5.91 Å². The Kier molecular flexibility index (Phi) is 4.87. The van der Waals surface area contributed by atoms with Crippen molar-refractivity contribution in [2.45, 2.75) is 26.2 Å². The minimum atomic E-state index is -0.263. The van der Waals surface area contributed by atoms with Crippen LogP contribution in [0.3, 0.4) is 0 Å². The van der Waals surface area contributed by atoms with Crippen LogP contribution in [0.2, 0.25) is 0 Å². The van der Waals surface area contributed by atoms with Crippen molar-refractivity contribution in [1.82, 2.24) is 10.3 Å². The van der Waals surface area contributed by atoms with E-state index in [-0.39, 0.29) is 11.7 Å². The Balaban J connectivity index is 1.66. The van der Waals surface area contributed by atoms with Gasteiger partial charge in [0, 0.05) is 26.3 Å². The Morgan fingerprint density at radius 3 is 2.70 bits per heavy atom. The van der Waals surface area contributed by atoms with Gasteiger partial charge in [-0.25, -0.2) is 9.37 Å². The van der Waals surface area contributed by atoms with Gasteiger partial charge in [-0.1, -0.05) is 12.1 Å². The van der Waals surface area contributed by atoms with Gasteiger partial charge in [0.2, 0.25) is 5.91 Å². The highest BCUT2D eigenvalue weighted by atomic mass is 19.1. The monoisotopic (exact) mass is 276 g/mol. The lowest BCUT2D eigenvalue weighted by molar-refractivity contribution is -0.121. The predicted molar refractivity (Wildman–Crippen MR) is 72.7 cm³/mol. The molecule has 1 amide bonds. The van der Waals surface area contributed by atoms with E-state index in [0.717, 1.165) is 11.3 Å². The van der Waals surface area contributed by atoms with Gasteiger partial charge < -0.3 is 9.73 Å². The van der Waals surface area contributed by atoms with E-state index < -0.39 is 0 Å². The molecule has 0 atom stereocenters. The van der Waals surface area contributed by atoms with Gasteiger partial charge in [0.1, 0.15) is 12.1 Å². The van der Waals surface area contributed by atoms with Crippen molar-refractivity contribution in [3.8, 4) is 0 Å². The molecule has 0 saturated heterocycles. The molecule has 0 unspecified atom stereocenters. The number of carbonyl (C=O) groups is 1. The molecular weight excluding hydrogens is 259 g/mol. The van der Waals surface area contributed by atoms with Crippen molar-refractivity contribution in [1.29, 1.82) is 0 Å². The smallest absolute Gasteiger partial charge is 0.220 e. The fourth-order valence-corrected chi connectivity index (χ4v) is 1.85. The van der Waals surface area contributed by atoms with Gasteiger partial charge >= 0.3 is 0 Å². The zero-order valence-corrected chi connectivity index (χ0v) is 11.4. The molecule has 1 N–H and O–H groups in total. The third-order valence-corrected chi connectivity index (χ3v) is 2.92. The van der Waals surface area contributed by atoms with E-state index in [1.165, 1.54) is 12.1 Å². The SMILES string of the molecule is Cc1nc(CCNC(=O)CCc2ccc(F)cc2)co1. The molecule has 0 fully saturated rings. The van der Waals surface area contributed by atoms with Crippen molar-refractivity contribution in [3.63, 3.8) is 0 Å². The maximum absolute atomic E-state index is 12.7. The number of hydrogen-bond donors (Lipinski definition) is 1. The van der Waals surface area contributed by atoms with Crippen LogP contribution in [0, 0.1) is 12.7 Å². The summed E-state index contributed by atoms with van der Waals surface area (Å²) in [6.45, 7) is 2.32. The summed E-state index contributed by atoms with van der Waals surface area (Å²) in [5, 5.41) is 2.83. The van der Waals surface area contributed by atoms with Crippen LogP contribution >= 0.6 is 0 Å². The predicted octanol–water partition coefficient (Wildman–Crippen LogP) is 2.41. The second kappa shape index (κ2) is 6.84. The molecule has 4 nitrogen and oxygen atoms in total. The Bertz CT molecular complexity index is 564. The highest BCUT2D eigenvalue weighted by Crippen LogP contribution is 2.05. The first-order chi connectivity index (χ1) is 9.63. The zero-order chi connectivity index (χ0) is 14.4. The number of halogens is 1. The molecule has 0 bridgehead atoms. The number of nitrogens with zero attached hydrogens (tertiary/aromatic N) is 1. The number of nitrogens with one attached hydrogen (secondary N) is 1. The topological polar surface area (TPSA) is 55.1 Å². The molecule has 0 radical (unpaired) electrons. The summed E-state index contributed by atoms with van der Waals surface area (Å²) < 4.78 is 17.8. The molecule has 0 saturated carbocycles. The van der Waals surface area contributed by atoms with Crippen LogP contribution in [0.15, 0.2) is 34.9 Å². The van der Waals surface area contributed by atoms with E-state index in [1.807, 2.05) is 0 Å². The summed E-state index contributed by atoms with van der Waals surface area (Å²) in [6.07, 6.45) is 3.25. The molecule has 1 aromatic heterocycles. The summed E-state index contributed by atoms with van der Waals surface area (Å²) >= 11 is 0. The van der Waals surface area contributed by atoms with Crippen LogP contribution in [0.25, 0.3) is 0 Å². The van der Waals surface area contributed by atoms with Crippen LogP contribution in [-0.4, -0.2) is 17.4 Å². The molecule has 0 aliphatic carbocycles. The van der Waals surface area contributed by atoms with Gasteiger partial charge in [-0.15, -0.1) is 0 Å². The van der Waals surface area contributed by atoms with Crippen LogP contribution in [0.5, 0.6) is 0 Å². The highest BCUT2D eigenvalue weighted by Gasteiger charge is 2.04. The number of hydrogen-bond acceptors (Lipinski definition) is 3. The number of benzene rings is 1. The van der Waals surface area contributed by atoms with Gasteiger partial charge in [0.15, 0.2) is 5.89 Å². The summed E-state index contributed by atoms with van der Waals surface area (Å²) in [4.78, 5) is 15.8. The Labute approximate surface area is 117 Å². The molecule has 0 spiro atoms. The molecule has 2 rings (SSSR count). The summed E-state index contributed by atoms with van der Waals surface area (Å²) in [5.74, 6) is 0.346. The summed E-state index contributed by atoms with van der Waals surface area (Å²) in [7, 11) is 0. The summed E-state index contributed by atoms with van der Waals surface area (Å²) in [5.41, 5.74) is 1.79. The number of carbonyl (C=O) groups excluding carboxylic acids is 1. The minimum absolute atomic E-state index is 0.0189. The fourth-order valence-electron chi connectivity index (χ4n) is 1.85. The van der Waals surface area contributed by atoms with Crippen LogP contribution in [-0.2, 0) is 17.6 Å². The van der Waals surface area contributed by atoms with Crippen LogP contribution < -0.4 is 5.32 Å². The average Bonchev–Trinajstić information content (AvgIpc) is 2.84. The Morgan fingerprint density at radius 1 is 1.30 bits per heavy atom. The zero-order valence-electron chi connectivity index (χ0n) is 11.4. The molecular formula is C15H17FN2O2. The van der Waals surface area contributed by atoms with E-state index in [0.29, 0.717) is 31.7 Å². The first-order valence-electron chi connectivity index (χ1n) is 6.55. The van der Waals surface area contributed by atoms with E-state index in [9.17, 15) is 9.18 Å². The van der Waals surface area contributed by atoms with E-state index in [1.54, 1.807) is 25.3 Å². The van der Waals surface area contributed by atoms with Crippen molar-refractivity contribution in [3.05, 3.63) is 53.5 Å². The largest absolute Gasteiger partial charge is 0.449 e. The fraction of sp³-hybridized carbons (Fsp3) is 0.333. The van der Waals surface area contributed by atoms with Crippen molar-refractivity contribution in [2.24, 2.45) is 0 Å². The van der Waals surface area contributed by atoms with Crippen LogP contribution in [0.1, 0.15) is 23.6 Å². The molecule has 2 aromatic rings. The normalized spacial score (nSPS) is 10.5. The van der Waals surface area contributed by atoms with Crippen molar-refractivity contribution in [2.75, 3.05) is 6.54 Å². The standard InChI is InChI=1S/C15H17FN2O2/c1-11-18-14(10-20-11)8-9-17-15(19)7-4-12-2-5-13(16)6-3-12/h2-3,5-6,10H,4,7-9H2,1H3,(H,17,19). The highest BCUT2D eigenvalue weighted by molar-refractivity contribution is 5.76. The molecule has 20 heavy (non-hydrogen) atoms. The third-order valence-electron chi connectivity index (χ3n) is 2.92. The Hall–Kier alpha value is -2.17. The minimum Gasteiger partial charge on any atom is -0.449 e. The summed E-state index contributed by atoms with van der Waals surface area (Å²) in [6, 6.07) is 6.20. The number of aryl methyl sites for hydroxylation is 2. The van der Waals surface area contributed by atoms with Crippen LogP contribution in [0.4, 0.5) is 4.39 Å². The van der Waals surface area contributed by atoms with Gasteiger partial charge in [-0.05, 0) is 24.1 Å². The Morgan fingerprint density at radius 2 is 2.05 bits per heavy atom. The second-order valence-corrected chi connectivity index (χ2v) is 4.58. The maximum Gasteiger partial charge on any atom is 0.220 e. The molecule has 1 heterocycles. The second-order valence-electron chi connectivity index (χ2n) is 4.58. The first-order valence-corrected chi connectivity index (χ1v) is 6.55. The lowest BCUT2D eigenvalue weighted by Crippen LogP contribution is -2.25. The van der Waals surface area contributed by atoms with E-state index >= 15 is 0 Å². The number of amides is 1. The number of oxazole rings is 1. The first kappa shape index (κ1) is 14.2. The van der Waals surface area contributed by atoms with Gasteiger partial charge in [0.25, 0.3) is 0 Å². The lowest BCUT2D eigenvalue weighted by atomic mass is 10.1. The molecule has 1 aromatic carbocycles. The van der Waals surface area contributed by atoms with E-state index in [4.69, 9.17) is 4.42 Å². The third kappa shape index (κ3) is 4.50. The van der Waals surface area contributed by atoms with Gasteiger partial charge in [-0.3, -0.25) is 4.79 Å².